The van der Waals surface area contributed by atoms with E-state index in [2.05, 4.69) is 20.8 Å². The SMILES string of the molecule is CC1N=NC(c2ccccc2)=NN1. The van der Waals surface area contributed by atoms with Crippen LogP contribution in [0.3, 0.4) is 0 Å². The Hall–Kier alpha value is -1.71. The minimum atomic E-state index is -0.0209. The summed E-state index contributed by atoms with van der Waals surface area (Å²) in [6.07, 6.45) is -0.0209. The third kappa shape index (κ3) is 1.72. The van der Waals surface area contributed by atoms with Crippen molar-refractivity contribution in [3.8, 4) is 0 Å². The van der Waals surface area contributed by atoms with Gasteiger partial charge in [0.05, 0.1) is 0 Å². The predicted molar refractivity (Wildman–Crippen MR) is 50.4 cm³/mol. The van der Waals surface area contributed by atoms with Crippen LogP contribution in [0.4, 0.5) is 0 Å². The summed E-state index contributed by atoms with van der Waals surface area (Å²) < 4.78 is 0. The van der Waals surface area contributed by atoms with Crippen LogP contribution < -0.4 is 5.43 Å². The van der Waals surface area contributed by atoms with E-state index in [1.807, 2.05) is 37.3 Å². The van der Waals surface area contributed by atoms with Gasteiger partial charge in [-0.3, -0.25) is 5.43 Å². The maximum atomic E-state index is 4.09. The van der Waals surface area contributed by atoms with Crippen molar-refractivity contribution in [2.75, 3.05) is 0 Å². The number of azo groups is 1. The second kappa shape index (κ2) is 3.35. The maximum absolute atomic E-state index is 4.09. The Morgan fingerprint density at radius 3 is 2.62 bits per heavy atom. The summed E-state index contributed by atoms with van der Waals surface area (Å²) >= 11 is 0. The average molecular weight is 174 g/mol. The molecule has 1 aromatic carbocycles. The molecule has 0 bridgehead atoms. The molecule has 1 atom stereocenters. The highest BCUT2D eigenvalue weighted by Gasteiger charge is 2.07. The first-order valence-corrected chi connectivity index (χ1v) is 4.16. The van der Waals surface area contributed by atoms with Crippen LogP contribution in [0.1, 0.15) is 12.5 Å². The highest BCUT2D eigenvalue weighted by molar-refractivity contribution is 5.99. The molecule has 0 spiro atoms. The van der Waals surface area contributed by atoms with Gasteiger partial charge in [0.15, 0.2) is 12.0 Å². The quantitative estimate of drug-likeness (QED) is 0.692. The Labute approximate surface area is 76.4 Å². The number of rotatable bonds is 1. The molecule has 0 radical (unpaired) electrons. The van der Waals surface area contributed by atoms with Gasteiger partial charge >= 0.3 is 0 Å². The molecule has 0 amide bonds. The van der Waals surface area contributed by atoms with Crippen LogP contribution in [0.25, 0.3) is 0 Å². The topological polar surface area (TPSA) is 49.1 Å². The Morgan fingerprint density at radius 1 is 1.23 bits per heavy atom. The molecule has 1 aliphatic heterocycles. The van der Waals surface area contributed by atoms with Crippen molar-refractivity contribution < 1.29 is 0 Å². The Bertz CT molecular complexity index is 342. The minimum Gasteiger partial charge on any atom is -0.282 e. The van der Waals surface area contributed by atoms with Crippen LogP contribution in [0, 0.1) is 0 Å². The van der Waals surface area contributed by atoms with Gasteiger partial charge in [0, 0.05) is 5.56 Å². The molecule has 0 aromatic heterocycles. The number of hydrazone groups is 1. The summed E-state index contributed by atoms with van der Waals surface area (Å²) in [6.45, 7) is 1.90. The lowest BCUT2D eigenvalue weighted by Crippen LogP contribution is -2.23. The van der Waals surface area contributed by atoms with Gasteiger partial charge in [-0.1, -0.05) is 30.3 Å². The second-order valence-corrected chi connectivity index (χ2v) is 2.82. The molecule has 1 aromatic rings. The fourth-order valence-corrected chi connectivity index (χ4v) is 1.05. The Morgan fingerprint density at radius 2 is 2.00 bits per heavy atom. The summed E-state index contributed by atoms with van der Waals surface area (Å²) in [4.78, 5) is 0. The van der Waals surface area contributed by atoms with E-state index in [1.165, 1.54) is 0 Å². The molecule has 4 heteroatoms. The fraction of sp³-hybridized carbons (Fsp3) is 0.222. The molecule has 0 saturated carbocycles. The monoisotopic (exact) mass is 174 g/mol. The Balaban J connectivity index is 2.25. The summed E-state index contributed by atoms with van der Waals surface area (Å²) in [6, 6.07) is 9.77. The lowest BCUT2D eigenvalue weighted by atomic mass is 10.2. The van der Waals surface area contributed by atoms with Crippen molar-refractivity contribution >= 4 is 5.84 Å². The van der Waals surface area contributed by atoms with Crippen LogP contribution in [-0.2, 0) is 0 Å². The molecule has 1 aliphatic rings. The van der Waals surface area contributed by atoms with Gasteiger partial charge in [-0.2, -0.15) is 10.2 Å². The molecule has 1 N–H and O–H groups in total. The number of nitrogens with one attached hydrogen (secondary N) is 1. The highest BCUT2D eigenvalue weighted by atomic mass is 15.4. The zero-order valence-electron chi connectivity index (χ0n) is 7.31. The van der Waals surface area contributed by atoms with Crippen molar-refractivity contribution in [1.82, 2.24) is 5.43 Å². The van der Waals surface area contributed by atoms with E-state index in [1.54, 1.807) is 0 Å². The van der Waals surface area contributed by atoms with Crippen LogP contribution in [0.15, 0.2) is 45.7 Å². The molecule has 0 fully saturated rings. The molecule has 13 heavy (non-hydrogen) atoms. The standard InChI is InChI=1S/C9H10N4/c1-7-10-12-9(13-11-7)8-5-3-2-4-6-8/h2-7,10H,1H3. The summed E-state index contributed by atoms with van der Waals surface area (Å²) in [7, 11) is 0. The van der Waals surface area contributed by atoms with E-state index in [0.29, 0.717) is 5.84 Å². The van der Waals surface area contributed by atoms with Crippen molar-refractivity contribution in [3.05, 3.63) is 35.9 Å². The molecule has 1 heterocycles. The molecule has 4 nitrogen and oxygen atoms in total. The first kappa shape index (κ1) is 7.91. The molecular weight excluding hydrogens is 164 g/mol. The summed E-state index contributed by atoms with van der Waals surface area (Å²) in [5.74, 6) is 0.638. The van der Waals surface area contributed by atoms with Gasteiger partial charge in [-0.15, -0.1) is 5.11 Å². The highest BCUT2D eigenvalue weighted by Crippen LogP contribution is 2.05. The zero-order valence-corrected chi connectivity index (χ0v) is 7.31. The number of hydrogen-bond acceptors (Lipinski definition) is 4. The van der Waals surface area contributed by atoms with Gasteiger partial charge in [0.1, 0.15) is 0 Å². The maximum Gasteiger partial charge on any atom is 0.200 e. The number of amidine groups is 1. The molecule has 1 unspecified atom stereocenters. The fourth-order valence-electron chi connectivity index (χ4n) is 1.05. The smallest absolute Gasteiger partial charge is 0.200 e. The van der Waals surface area contributed by atoms with Gasteiger partial charge in [-0.05, 0) is 6.92 Å². The van der Waals surface area contributed by atoms with E-state index in [4.69, 9.17) is 0 Å². The lowest BCUT2D eigenvalue weighted by Gasteiger charge is -2.10. The van der Waals surface area contributed by atoms with Gasteiger partial charge < -0.3 is 0 Å². The normalized spacial score (nSPS) is 20.7. The summed E-state index contributed by atoms with van der Waals surface area (Å²) in [5, 5.41) is 12.1. The summed E-state index contributed by atoms with van der Waals surface area (Å²) in [5.41, 5.74) is 3.84. The predicted octanol–water partition coefficient (Wildman–Crippen LogP) is 1.75. The van der Waals surface area contributed by atoms with E-state index in [0.717, 1.165) is 5.56 Å². The van der Waals surface area contributed by atoms with Crippen LogP contribution in [-0.4, -0.2) is 12.0 Å². The van der Waals surface area contributed by atoms with Gasteiger partial charge in [0.25, 0.3) is 0 Å². The molecule has 0 aliphatic carbocycles. The number of benzene rings is 1. The first-order chi connectivity index (χ1) is 6.36. The molecular formula is C9H10N4. The minimum absolute atomic E-state index is 0.0209. The van der Waals surface area contributed by atoms with Crippen molar-refractivity contribution in [2.24, 2.45) is 15.3 Å². The Kier molecular flexibility index (Phi) is 2.04. The van der Waals surface area contributed by atoms with Crippen molar-refractivity contribution in [1.29, 1.82) is 0 Å². The zero-order chi connectivity index (χ0) is 9.10. The second-order valence-electron chi connectivity index (χ2n) is 2.82. The van der Waals surface area contributed by atoms with Crippen LogP contribution in [0.2, 0.25) is 0 Å². The van der Waals surface area contributed by atoms with Gasteiger partial charge in [0.2, 0.25) is 0 Å². The largest absolute Gasteiger partial charge is 0.282 e. The molecule has 0 saturated heterocycles. The first-order valence-electron chi connectivity index (χ1n) is 4.16. The van der Waals surface area contributed by atoms with Crippen molar-refractivity contribution in [3.63, 3.8) is 0 Å². The average Bonchev–Trinajstić information content (AvgIpc) is 2.20. The molecule has 2 rings (SSSR count). The van der Waals surface area contributed by atoms with E-state index < -0.39 is 0 Å². The molecule has 66 valence electrons. The lowest BCUT2D eigenvalue weighted by molar-refractivity contribution is 0.558. The van der Waals surface area contributed by atoms with Gasteiger partial charge in [-0.25, -0.2) is 0 Å². The van der Waals surface area contributed by atoms with E-state index in [-0.39, 0.29) is 6.17 Å². The van der Waals surface area contributed by atoms with Crippen molar-refractivity contribution in [2.45, 2.75) is 13.1 Å². The third-order valence-corrected chi connectivity index (χ3v) is 1.71. The van der Waals surface area contributed by atoms with Crippen LogP contribution >= 0.6 is 0 Å². The van der Waals surface area contributed by atoms with E-state index in [9.17, 15) is 0 Å². The number of nitrogens with zero attached hydrogens (tertiary/aromatic N) is 3. The van der Waals surface area contributed by atoms with Crippen LogP contribution in [0.5, 0.6) is 0 Å². The third-order valence-electron chi connectivity index (χ3n) is 1.71. The van der Waals surface area contributed by atoms with E-state index >= 15 is 0 Å². The number of hydrogen-bond donors (Lipinski definition) is 1.